The normalized spacial score (nSPS) is 9.89. The van der Waals surface area contributed by atoms with E-state index in [9.17, 15) is 0 Å². The Balaban J connectivity index is 2.24. The fraction of sp³-hybridized carbons (Fsp3) is 0.111. The van der Waals surface area contributed by atoms with Gasteiger partial charge in [0.15, 0.2) is 0 Å². The van der Waals surface area contributed by atoms with Crippen molar-refractivity contribution >= 4 is 11.4 Å². The average molecular weight is 249 g/mol. The number of rotatable bonds is 6. The maximum atomic E-state index is 3.99. The van der Waals surface area contributed by atoms with E-state index in [-0.39, 0.29) is 0 Å². The monoisotopic (exact) mass is 249 g/mol. The summed E-state index contributed by atoms with van der Waals surface area (Å²) in [6.07, 6.45) is 2.74. The molecule has 0 aliphatic heterocycles. The Morgan fingerprint density at radius 2 is 1.37 bits per heavy atom. The van der Waals surface area contributed by atoms with Crippen LogP contribution in [0.4, 0.5) is 11.4 Å². The second kappa shape index (κ2) is 6.60. The van der Waals surface area contributed by atoms with Gasteiger partial charge in [-0.2, -0.15) is 0 Å². The van der Waals surface area contributed by atoms with Gasteiger partial charge in [0.05, 0.1) is 0 Å². The van der Waals surface area contributed by atoms with Gasteiger partial charge in [-0.15, -0.1) is 0 Å². The summed E-state index contributed by atoms with van der Waals surface area (Å²) in [6, 6.07) is 20.8. The molecule has 0 aliphatic carbocycles. The molecule has 0 N–H and O–H groups in total. The van der Waals surface area contributed by atoms with Crippen LogP contribution in [0.2, 0.25) is 0 Å². The van der Waals surface area contributed by atoms with Crippen molar-refractivity contribution in [1.82, 2.24) is 0 Å². The van der Waals surface area contributed by atoms with Crippen molar-refractivity contribution in [2.45, 2.75) is 6.42 Å². The van der Waals surface area contributed by atoms with Gasteiger partial charge < -0.3 is 4.90 Å². The number of anilines is 2. The van der Waals surface area contributed by atoms with Gasteiger partial charge in [-0.1, -0.05) is 61.2 Å². The molecule has 0 heterocycles. The molecule has 19 heavy (non-hydrogen) atoms. The van der Waals surface area contributed by atoms with Crippen LogP contribution < -0.4 is 4.90 Å². The van der Waals surface area contributed by atoms with E-state index < -0.39 is 0 Å². The van der Waals surface area contributed by atoms with E-state index in [4.69, 9.17) is 0 Å². The fourth-order valence-electron chi connectivity index (χ4n) is 1.98. The molecule has 0 fully saturated rings. The SMILES string of the molecule is C=CC(=C)CCN(c1ccccc1)c1ccccc1. The zero-order valence-electron chi connectivity index (χ0n) is 11.1. The van der Waals surface area contributed by atoms with Crippen LogP contribution in [0.5, 0.6) is 0 Å². The third-order valence-electron chi connectivity index (χ3n) is 3.08. The number of para-hydroxylation sites is 2. The first-order valence-corrected chi connectivity index (χ1v) is 6.49. The highest BCUT2D eigenvalue weighted by Gasteiger charge is 2.08. The first-order chi connectivity index (χ1) is 9.31. The molecule has 0 radical (unpaired) electrons. The van der Waals surface area contributed by atoms with Crippen LogP contribution in [0, 0.1) is 0 Å². The minimum absolute atomic E-state index is 0.902. The molecule has 0 amide bonds. The van der Waals surface area contributed by atoms with Gasteiger partial charge in [-0.3, -0.25) is 0 Å². The number of allylic oxidation sites excluding steroid dienone is 1. The smallest absolute Gasteiger partial charge is 0.0410 e. The third kappa shape index (κ3) is 3.59. The molecule has 2 aromatic rings. The second-order valence-electron chi connectivity index (χ2n) is 4.44. The van der Waals surface area contributed by atoms with Crippen LogP contribution in [0.15, 0.2) is 85.5 Å². The predicted molar refractivity (Wildman–Crippen MR) is 83.8 cm³/mol. The predicted octanol–water partition coefficient (Wildman–Crippen LogP) is 4.96. The molecule has 0 spiro atoms. The van der Waals surface area contributed by atoms with Gasteiger partial charge in [0, 0.05) is 17.9 Å². The van der Waals surface area contributed by atoms with Crippen LogP contribution in [0.3, 0.4) is 0 Å². The van der Waals surface area contributed by atoms with Crippen molar-refractivity contribution in [3.05, 3.63) is 85.5 Å². The van der Waals surface area contributed by atoms with Crippen LogP contribution in [0.25, 0.3) is 0 Å². The molecule has 0 aromatic heterocycles. The standard InChI is InChI=1S/C18H19N/c1-3-16(2)14-15-19(17-10-6-4-7-11-17)18-12-8-5-9-13-18/h3-13H,1-2,14-15H2. The van der Waals surface area contributed by atoms with E-state index in [0.717, 1.165) is 18.5 Å². The number of nitrogens with zero attached hydrogens (tertiary/aromatic N) is 1. The van der Waals surface area contributed by atoms with E-state index in [1.54, 1.807) is 0 Å². The number of hydrogen-bond donors (Lipinski definition) is 0. The highest BCUT2D eigenvalue weighted by atomic mass is 15.1. The molecule has 2 aromatic carbocycles. The first kappa shape index (κ1) is 13.2. The summed E-state index contributed by atoms with van der Waals surface area (Å²) in [5.74, 6) is 0. The van der Waals surface area contributed by atoms with E-state index in [2.05, 4.69) is 66.6 Å². The summed E-state index contributed by atoms with van der Waals surface area (Å²) in [4.78, 5) is 2.30. The zero-order valence-corrected chi connectivity index (χ0v) is 11.1. The lowest BCUT2D eigenvalue weighted by atomic mass is 10.1. The molecule has 1 heteroatoms. The second-order valence-corrected chi connectivity index (χ2v) is 4.44. The maximum Gasteiger partial charge on any atom is 0.0410 e. The van der Waals surface area contributed by atoms with Crippen LogP contribution in [0.1, 0.15) is 6.42 Å². The van der Waals surface area contributed by atoms with Gasteiger partial charge in [0.1, 0.15) is 0 Å². The fourth-order valence-corrected chi connectivity index (χ4v) is 1.98. The van der Waals surface area contributed by atoms with E-state index in [0.29, 0.717) is 0 Å². The summed E-state index contributed by atoms with van der Waals surface area (Å²) >= 11 is 0. The van der Waals surface area contributed by atoms with Gasteiger partial charge in [0.2, 0.25) is 0 Å². The molecule has 96 valence electrons. The Bertz CT molecular complexity index is 489. The Labute approximate surface area is 115 Å². The Hall–Kier alpha value is -2.28. The highest BCUT2D eigenvalue weighted by molar-refractivity contribution is 5.62. The Morgan fingerprint density at radius 1 is 0.895 bits per heavy atom. The highest BCUT2D eigenvalue weighted by Crippen LogP contribution is 2.25. The minimum atomic E-state index is 0.902. The van der Waals surface area contributed by atoms with Crippen molar-refractivity contribution < 1.29 is 0 Å². The van der Waals surface area contributed by atoms with E-state index >= 15 is 0 Å². The van der Waals surface area contributed by atoms with Gasteiger partial charge >= 0.3 is 0 Å². The maximum absolute atomic E-state index is 3.99. The molecule has 2 rings (SSSR count). The molecule has 0 saturated carbocycles. The van der Waals surface area contributed by atoms with Crippen LogP contribution in [-0.4, -0.2) is 6.54 Å². The molecule has 0 bridgehead atoms. The van der Waals surface area contributed by atoms with E-state index in [1.807, 2.05) is 18.2 Å². The average Bonchev–Trinajstić information content (AvgIpc) is 2.49. The number of hydrogen-bond acceptors (Lipinski definition) is 1. The van der Waals surface area contributed by atoms with Gasteiger partial charge in [-0.05, 0) is 30.7 Å². The van der Waals surface area contributed by atoms with Crippen molar-refractivity contribution in [1.29, 1.82) is 0 Å². The lowest BCUT2D eigenvalue weighted by Gasteiger charge is -2.25. The summed E-state index contributed by atoms with van der Waals surface area (Å²) in [7, 11) is 0. The van der Waals surface area contributed by atoms with Crippen molar-refractivity contribution in [2.24, 2.45) is 0 Å². The quantitative estimate of drug-likeness (QED) is 0.654. The minimum Gasteiger partial charge on any atom is -0.341 e. The van der Waals surface area contributed by atoms with Crippen LogP contribution >= 0.6 is 0 Å². The lowest BCUT2D eigenvalue weighted by Crippen LogP contribution is -2.18. The largest absolute Gasteiger partial charge is 0.341 e. The lowest BCUT2D eigenvalue weighted by molar-refractivity contribution is 0.920. The van der Waals surface area contributed by atoms with Crippen molar-refractivity contribution in [2.75, 3.05) is 11.4 Å². The zero-order chi connectivity index (χ0) is 13.5. The molecular weight excluding hydrogens is 230 g/mol. The summed E-state index contributed by atoms with van der Waals surface area (Å²) in [6.45, 7) is 8.66. The summed E-state index contributed by atoms with van der Waals surface area (Å²) < 4.78 is 0. The van der Waals surface area contributed by atoms with Gasteiger partial charge in [0.25, 0.3) is 0 Å². The summed E-state index contributed by atoms with van der Waals surface area (Å²) in [5.41, 5.74) is 3.47. The number of benzene rings is 2. The molecule has 0 atom stereocenters. The topological polar surface area (TPSA) is 3.24 Å². The summed E-state index contributed by atoms with van der Waals surface area (Å²) in [5, 5.41) is 0. The Morgan fingerprint density at radius 3 is 1.79 bits per heavy atom. The molecule has 0 saturated heterocycles. The third-order valence-corrected chi connectivity index (χ3v) is 3.08. The molecule has 0 unspecified atom stereocenters. The molecule has 1 nitrogen and oxygen atoms in total. The Kier molecular flexibility index (Phi) is 4.57. The molecular formula is C18H19N. The van der Waals surface area contributed by atoms with E-state index in [1.165, 1.54) is 11.4 Å². The van der Waals surface area contributed by atoms with Gasteiger partial charge in [-0.25, -0.2) is 0 Å². The van der Waals surface area contributed by atoms with Crippen molar-refractivity contribution in [3.8, 4) is 0 Å². The van der Waals surface area contributed by atoms with Crippen LogP contribution in [-0.2, 0) is 0 Å². The molecule has 0 aliphatic rings. The first-order valence-electron chi connectivity index (χ1n) is 6.49. The van der Waals surface area contributed by atoms with Crippen molar-refractivity contribution in [3.63, 3.8) is 0 Å².